The molecule has 0 amide bonds. The lowest BCUT2D eigenvalue weighted by Gasteiger charge is -2.27. The van der Waals surface area contributed by atoms with Crippen LogP contribution in [-0.2, 0) is 28.6 Å². The van der Waals surface area contributed by atoms with Gasteiger partial charge in [0.05, 0.1) is 18.9 Å². The lowest BCUT2D eigenvalue weighted by molar-refractivity contribution is -0.169. The molecule has 0 radical (unpaired) electrons. The summed E-state index contributed by atoms with van der Waals surface area (Å²) in [5.41, 5.74) is -0.267. The highest BCUT2D eigenvalue weighted by atomic mass is 16.6. The van der Waals surface area contributed by atoms with E-state index in [0.29, 0.717) is 0 Å². The third-order valence-electron chi connectivity index (χ3n) is 4.52. The first kappa shape index (κ1) is 16.0. The normalized spacial score (nSPS) is 34.8. The molecule has 3 aliphatic heterocycles. The van der Waals surface area contributed by atoms with Gasteiger partial charge in [0.25, 0.3) is 0 Å². The number of hydrogen-bond acceptors (Lipinski definition) is 7. The summed E-state index contributed by atoms with van der Waals surface area (Å²) in [5, 5.41) is 0. The van der Waals surface area contributed by atoms with E-state index in [1.165, 1.54) is 6.92 Å². The van der Waals surface area contributed by atoms with Crippen molar-refractivity contribution < 1.29 is 28.6 Å². The summed E-state index contributed by atoms with van der Waals surface area (Å²) in [7, 11) is 0. The number of rotatable bonds is 1. The third kappa shape index (κ3) is 3.39. The van der Waals surface area contributed by atoms with Gasteiger partial charge in [0.2, 0.25) is 0 Å². The highest BCUT2D eigenvalue weighted by Gasteiger charge is 2.44. The maximum atomic E-state index is 12.3. The second kappa shape index (κ2) is 5.96. The number of esters is 3. The maximum Gasteiger partial charge on any atom is 0.310 e. The van der Waals surface area contributed by atoms with E-state index in [1.54, 1.807) is 6.92 Å². The van der Waals surface area contributed by atoms with Crippen molar-refractivity contribution in [3.8, 4) is 0 Å². The molecule has 0 N–H and O–H groups in total. The van der Waals surface area contributed by atoms with E-state index in [1.807, 2.05) is 6.08 Å². The minimum absolute atomic E-state index is 0.00942. The average Bonchev–Trinajstić information content (AvgIpc) is 2.97. The van der Waals surface area contributed by atoms with Crippen LogP contribution in [0.2, 0.25) is 0 Å². The minimum atomic E-state index is -1.24. The second-order valence-corrected chi connectivity index (χ2v) is 6.59. The van der Waals surface area contributed by atoms with Crippen molar-refractivity contribution in [3.63, 3.8) is 0 Å². The highest BCUT2D eigenvalue weighted by Crippen LogP contribution is 2.33. The predicted octanol–water partition coefficient (Wildman–Crippen LogP) is 0.571. The van der Waals surface area contributed by atoms with E-state index in [2.05, 4.69) is 4.90 Å². The third-order valence-corrected chi connectivity index (χ3v) is 4.52. The van der Waals surface area contributed by atoms with Crippen LogP contribution in [0.25, 0.3) is 0 Å². The Morgan fingerprint density at radius 1 is 1.35 bits per heavy atom. The topological polar surface area (TPSA) is 82.1 Å². The van der Waals surface area contributed by atoms with Crippen molar-refractivity contribution in [3.05, 3.63) is 11.6 Å². The number of nitrogens with zero attached hydrogens (tertiary/aromatic N) is 1. The van der Waals surface area contributed by atoms with Crippen LogP contribution >= 0.6 is 0 Å². The summed E-state index contributed by atoms with van der Waals surface area (Å²) in [5.74, 6) is -1.49. The van der Waals surface area contributed by atoms with Crippen molar-refractivity contribution in [2.75, 3.05) is 19.7 Å². The minimum Gasteiger partial charge on any atom is -0.461 e. The van der Waals surface area contributed by atoms with Gasteiger partial charge in [0.15, 0.2) is 0 Å². The Morgan fingerprint density at radius 2 is 2.09 bits per heavy atom. The van der Waals surface area contributed by atoms with E-state index in [-0.39, 0.29) is 31.6 Å². The van der Waals surface area contributed by atoms with Gasteiger partial charge in [-0.1, -0.05) is 6.08 Å². The van der Waals surface area contributed by atoms with Crippen molar-refractivity contribution in [2.45, 2.75) is 50.9 Å². The molecule has 2 saturated heterocycles. The van der Waals surface area contributed by atoms with Gasteiger partial charge < -0.3 is 14.2 Å². The molecule has 3 rings (SSSR count). The van der Waals surface area contributed by atoms with Crippen LogP contribution in [0, 0.1) is 0 Å². The molecule has 2 fully saturated rings. The molecule has 0 aromatic heterocycles. The Bertz CT molecular complexity index is 571. The average molecular weight is 323 g/mol. The van der Waals surface area contributed by atoms with Crippen LogP contribution in [0.4, 0.5) is 0 Å². The highest BCUT2D eigenvalue weighted by molar-refractivity contribution is 5.77. The van der Waals surface area contributed by atoms with Crippen LogP contribution in [0.15, 0.2) is 11.6 Å². The summed E-state index contributed by atoms with van der Waals surface area (Å²) in [6.45, 7) is 4.62. The first-order valence-corrected chi connectivity index (χ1v) is 7.84. The number of carbonyl (C=O) groups is 3. The van der Waals surface area contributed by atoms with Crippen LogP contribution in [-0.4, -0.2) is 60.3 Å². The molecule has 23 heavy (non-hydrogen) atoms. The molecule has 0 spiro atoms. The Balaban J connectivity index is 1.82. The van der Waals surface area contributed by atoms with Gasteiger partial charge in [-0.3, -0.25) is 19.3 Å². The van der Waals surface area contributed by atoms with E-state index < -0.39 is 23.5 Å². The number of hydrogen-bond donors (Lipinski definition) is 0. The van der Waals surface area contributed by atoms with Crippen molar-refractivity contribution >= 4 is 17.9 Å². The Hall–Kier alpha value is -1.89. The summed E-state index contributed by atoms with van der Waals surface area (Å²) in [6, 6.07) is -0.00942. The van der Waals surface area contributed by atoms with Crippen molar-refractivity contribution in [1.82, 2.24) is 4.90 Å². The van der Waals surface area contributed by atoms with Gasteiger partial charge >= 0.3 is 17.9 Å². The van der Waals surface area contributed by atoms with Crippen molar-refractivity contribution in [1.29, 1.82) is 0 Å². The largest absolute Gasteiger partial charge is 0.461 e. The fourth-order valence-corrected chi connectivity index (χ4v) is 3.64. The second-order valence-electron chi connectivity index (χ2n) is 6.59. The van der Waals surface area contributed by atoms with Gasteiger partial charge in [-0.05, 0) is 18.9 Å². The Morgan fingerprint density at radius 3 is 2.83 bits per heavy atom. The smallest absolute Gasteiger partial charge is 0.310 e. The lowest BCUT2D eigenvalue weighted by atomic mass is 9.97. The fourth-order valence-electron chi connectivity index (χ4n) is 3.64. The van der Waals surface area contributed by atoms with E-state index in [0.717, 1.165) is 25.1 Å². The van der Waals surface area contributed by atoms with Crippen LogP contribution < -0.4 is 0 Å². The molecule has 0 aromatic carbocycles. The summed E-state index contributed by atoms with van der Waals surface area (Å²) >= 11 is 0. The summed E-state index contributed by atoms with van der Waals surface area (Å²) in [6.07, 6.45) is 2.21. The number of carbonyl (C=O) groups excluding carboxylic acids is 3. The predicted molar refractivity (Wildman–Crippen MR) is 78.3 cm³/mol. The van der Waals surface area contributed by atoms with E-state index >= 15 is 0 Å². The Kier molecular flexibility index (Phi) is 4.14. The van der Waals surface area contributed by atoms with Gasteiger partial charge in [0, 0.05) is 20.0 Å². The standard InChI is InChI=1S/C16H21NO6/c1-10(18)23-16(2)7-13(19)21-9-11-3-5-17-6-4-12(15(11)17)22-14(20)8-16/h3,12,15H,4-9H2,1-2H3. The maximum absolute atomic E-state index is 12.3. The molecule has 0 aliphatic carbocycles. The van der Waals surface area contributed by atoms with Crippen LogP contribution in [0.5, 0.6) is 0 Å². The molecule has 0 saturated carbocycles. The molecular formula is C16H21NO6. The van der Waals surface area contributed by atoms with Gasteiger partial charge in [0.1, 0.15) is 18.3 Å². The molecule has 126 valence electrons. The molecule has 3 atom stereocenters. The Labute approximate surface area is 134 Å². The van der Waals surface area contributed by atoms with Gasteiger partial charge in [-0.15, -0.1) is 0 Å². The SMILES string of the molecule is CC(=O)OC1(C)CC(=O)OCC2=CCN3CCC(OC(=O)C1)C23. The fraction of sp³-hybridized carbons (Fsp3) is 0.688. The molecule has 7 heteroatoms. The lowest BCUT2D eigenvalue weighted by Crippen LogP contribution is -2.38. The molecule has 3 heterocycles. The van der Waals surface area contributed by atoms with Gasteiger partial charge in [-0.25, -0.2) is 0 Å². The zero-order chi connectivity index (χ0) is 16.6. The number of cyclic esters (lactones) is 1. The van der Waals surface area contributed by atoms with E-state index in [9.17, 15) is 14.4 Å². The first-order valence-electron chi connectivity index (χ1n) is 7.84. The number of ether oxygens (including phenoxy) is 3. The van der Waals surface area contributed by atoms with Crippen LogP contribution in [0.1, 0.15) is 33.1 Å². The first-order chi connectivity index (χ1) is 10.9. The molecule has 0 aromatic rings. The van der Waals surface area contributed by atoms with E-state index in [4.69, 9.17) is 14.2 Å². The van der Waals surface area contributed by atoms with Gasteiger partial charge in [-0.2, -0.15) is 0 Å². The zero-order valence-corrected chi connectivity index (χ0v) is 13.4. The molecule has 0 bridgehead atoms. The summed E-state index contributed by atoms with van der Waals surface area (Å²) in [4.78, 5) is 37.9. The quantitative estimate of drug-likeness (QED) is 0.396. The molecule has 3 unspecified atom stereocenters. The molecule has 3 aliphatic rings. The summed E-state index contributed by atoms with van der Waals surface area (Å²) < 4.78 is 16.2. The monoisotopic (exact) mass is 323 g/mol. The van der Waals surface area contributed by atoms with Crippen molar-refractivity contribution in [2.24, 2.45) is 0 Å². The zero-order valence-electron chi connectivity index (χ0n) is 13.4. The molecular weight excluding hydrogens is 302 g/mol. The molecule has 7 nitrogen and oxygen atoms in total. The van der Waals surface area contributed by atoms with Crippen LogP contribution in [0.3, 0.4) is 0 Å².